The van der Waals surface area contributed by atoms with Crippen LogP contribution in [-0.4, -0.2) is 12.6 Å². The molecule has 1 aliphatic carbocycles. The number of hydrogen-bond acceptors (Lipinski definition) is 1. The van der Waals surface area contributed by atoms with Gasteiger partial charge in [0.2, 0.25) is 0 Å². The van der Waals surface area contributed by atoms with E-state index < -0.39 is 0 Å². The Balaban J connectivity index is 2.18. The Morgan fingerprint density at radius 3 is 2.53 bits per heavy atom. The van der Waals surface area contributed by atoms with Crippen LogP contribution in [0.2, 0.25) is 5.02 Å². The molecule has 17 heavy (non-hydrogen) atoms. The molecule has 0 amide bonds. The van der Waals surface area contributed by atoms with Crippen molar-refractivity contribution in [3.63, 3.8) is 0 Å². The van der Waals surface area contributed by atoms with Crippen molar-refractivity contribution in [3.8, 4) is 0 Å². The van der Waals surface area contributed by atoms with Crippen molar-refractivity contribution < 1.29 is 0 Å². The highest BCUT2D eigenvalue weighted by molar-refractivity contribution is 6.30. The highest BCUT2D eigenvalue weighted by atomic mass is 35.5. The lowest BCUT2D eigenvalue weighted by molar-refractivity contribution is 0.367. The summed E-state index contributed by atoms with van der Waals surface area (Å²) in [7, 11) is 0. The van der Waals surface area contributed by atoms with E-state index in [0.717, 1.165) is 30.5 Å². The Labute approximate surface area is 110 Å². The first kappa shape index (κ1) is 12.9. The first-order valence-electron chi connectivity index (χ1n) is 6.69. The molecule has 1 N–H and O–H groups in total. The summed E-state index contributed by atoms with van der Waals surface area (Å²) in [6.07, 6.45) is 5.01. The summed E-state index contributed by atoms with van der Waals surface area (Å²) in [5, 5.41) is 4.52. The van der Waals surface area contributed by atoms with E-state index in [1.165, 1.54) is 18.4 Å². The Hall–Kier alpha value is -0.530. The average molecular weight is 252 g/mol. The van der Waals surface area contributed by atoms with Gasteiger partial charge in [-0.25, -0.2) is 0 Å². The molecule has 94 valence electrons. The molecule has 0 spiro atoms. The van der Waals surface area contributed by atoms with Crippen LogP contribution in [0.5, 0.6) is 0 Å². The summed E-state index contributed by atoms with van der Waals surface area (Å²) < 4.78 is 0. The van der Waals surface area contributed by atoms with Crippen molar-refractivity contribution in [1.29, 1.82) is 0 Å². The van der Waals surface area contributed by atoms with E-state index in [2.05, 4.69) is 37.4 Å². The fourth-order valence-corrected chi connectivity index (χ4v) is 2.65. The van der Waals surface area contributed by atoms with Gasteiger partial charge in [-0.1, -0.05) is 37.6 Å². The smallest absolute Gasteiger partial charge is 0.0408 e. The summed E-state index contributed by atoms with van der Waals surface area (Å²) in [6, 6.07) is 9.13. The highest BCUT2D eigenvalue weighted by Gasteiger charge is 2.31. The third-order valence-corrected chi connectivity index (χ3v) is 4.33. The van der Waals surface area contributed by atoms with E-state index >= 15 is 0 Å². The number of rotatable bonds is 6. The van der Waals surface area contributed by atoms with Crippen molar-refractivity contribution in [2.75, 3.05) is 6.54 Å². The zero-order valence-electron chi connectivity index (χ0n) is 10.8. The maximum absolute atomic E-state index is 6.12. The van der Waals surface area contributed by atoms with E-state index in [4.69, 9.17) is 11.6 Å². The van der Waals surface area contributed by atoms with Crippen molar-refractivity contribution in [1.82, 2.24) is 5.32 Å². The maximum Gasteiger partial charge on any atom is 0.0408 e. The molecular weight excluding hydrogens is 230 g/mol. The lowest BCUT2D eigenvalue weighted by atomic mass is 9.76. The quantitative estimate of drug-likeness (QED) is 0.801. The van der Waals surface area contributed by atoms with Crippen LogP contribution in [0.3, 0.4) is 0 Å². The Morgan fingerprint density at radius 2 is 2.00 bits per heavy atom. The highest BCUT2D eigenvalue weighted by Crippen LogP contribution is 2.33. The van der Waals surface area contributed by atoms with Crippen LogP contribution in [0.25, 0.3) is 0 Å². The standard InChI is InChI=1S/C15H22ClN/c1-3-15(4-2,11-17-14-8-9-14)12-6-5-7-13(16)10-12/h5-7,10,14,17H,3-4,8-9,11H2,1-2H3. The molecule has 1 aromatic carbocycles. The van der Waals surface area contributed by atoms with Gasteiger partial charge in [-0.2, -0.15) is 0 Å². The molecule has 0 saturated heterocycles. The molecule has 0 unspecified atom stereocenters. The van der Waals surface area contributed by atoms with E-state index in [9.17, 15) is 0 Å². The molecule has 1 nitrogen and oxygen atoms in total. The molecule has 1 aliphatic rings. The second-order valence-corrected chi connectivity index (χ2v) is 5.59. The van der Waals surface area contributed by atoms with Gasteiger partial charge in [0, 0.05) is 23.0 Å². The summed E-state index contributed by atoms with van der Waals surface area (Å²) in [6.45, 7) is 5.63. The molecule has 2 rings (SSSR count). The van der Waals surface area contributed by atoms with Crippen molar-refractivity contribution in [2.24, 2.45) is 0 Å². The monoisotopic (exact) mass is 251 g/mol. The molecule has 0 aromatic heterocycles. The summed E-state index contributed by atoms with van der Waals surface area (Å²) in [5.41, 5.74) is 1.62. The Morgan fingerprint density at radius 1 is 1.29 bits per heavy atom. The fraction of sp³-hybridized carbons (Fsp3) is 0.600. The number of benzene rings is 1. The SMILES string of the molecule is CCC(CC)(CNC1CC1)c1cccc(Cl)c1. The minimum atomic E-state index is 0.244. The first-order valence-corrected chi connectivity index (χ1v) is 7.07. The zero-order chi connectivity index (χ0) is 12.3. The predicted octanol–water partition coefficient (Wildman–Crippen LogP) is 4.15. The second kappa shape index (κ2) is 5.41. The number of nitrogens with one attached hydrogen (secondary N) is 1. The van der Waals surface area contributed by atoms with Crippen LogP contribution in [-0.2, 0) is 5.41 Å². The van der Waals surface area contributed by atoms with Gasteiger partial charge in [0.05, 0.1) is 0 Å². The molecule has 2 heteroatoms. The normalized spacial score (nSPS) is 16.2. The maximum atomic E-state index is 6.12. The summed E-state index contributed by atoms with van der Waals surface area (Å²) >= 11 is 6.12. The first-order chi connectivity index (χ1) is 8.20. The van der Waals surface area contributed by atoms with Gasteiger partial charge in [0.25, 0.3) is 0 Å². The van der Waals surface area contributed by atoms with Gasteiger partial charge < -0.3 is 5.32 Å². The average Bonchev–Trinajstić information content (AvgIpc) is 3.15. The minimum absolute atomic E-state index is 0.244. The molecule has 1 fully saturated rings. The van der Waals surface area contributed by atoms with Crippen LogP contribution < -0.4 is 5.32 Å². The van der Waals surface area contributed by atoms with E-state index in [0.29, 0.717) is 0 Å². The van der Waals surface area contributed by atoms with Gasteiger partial charge in [-0.05, 0) is 43.4 Å². The van der Waals surface area contributed by atoms with Gasteiger partial charge in [-0.3, -0.25) is 0 Å². The summed E-state index contributed by atoms with van der Waals surface area (Å²) in [4.78, 5) is 0. The van der Waals surface area contributed by atoms with Gasteiger partial charge in [0.15, 0.2) is 0 Å². The fourth-order valence-electron chi connectivity index (χ4n) is 2.46. The molecule has 1 saturated carbocycles. The minimum Gasteiger partial charge on any atom is -0.313 e. The van der Waals surface area contributed by atoms with Crippen LogP contribution >= 0.6 is 11.6 Å². The van der Waals surface area contributed by atoms with Crippen LogP contribution in [0.1, 0.15) is 45.1 Å². The van der Waals surface area contributed by atoms with Crippen LogP contribution in [0.15, 0.2) is 24.3 Å². The lowest BCUT2D eigenvalue weighted by Crippen LogP contribution is -2.38. The summed E-state index contributed by atoms with van der Waals surface area (Å²) in [5.74, 6) is 0. The molecule has 0 bridgehead atoms. The third-order valence-electron chi connectivity index (χ3n) is 4.10. The lowest BCUT2D eigenvalue weighted by Gasteiger charge is -2.33. The van der Waals surface area contributed by atoms with Crippen LogP contribution in [0.4, 0.5) is 0 Å². The number of halogens is 1. The third kappa shape index (κ3) is 3.02. The van der Waals surface area contributed by atoms with Gasteiger partial charge in [-0.15, -0.1) is 0 Å². The molecule has 0 heterocycles. The zero-order valence-corrected chi connectivity index (χ0v) is 11.6. The topological polar surface area (TPSA) is 12.0 Å². The van der Waals surface area contributed by atoms with E-state index in [1.807, 2.05) is 6.07 Å². The van der Waals surface area contributed by atoms with Gasteiger partial charge >= 0.3 is 0 Å². The largest absolute Gasteiger partial charge is 0.313 e. The van der Waals surface area contributed by atoms with Crippen LogP contribution in [0, 0.1) is 0 Å². The predicted molar refractivity (Wildman–Crippen MR) is 74.7 cm³/mol. The molecule has 0 radical (unpaired) electrons. The molecular formula is C15H22ClN. The molecule has 1 aromatic rings. The van der Waals surface area contributed by atoms with Crippen molar-refractivity contribution in [2.45, 2.75) is 51.0 Å². The van der Waals surface area contributed by atoms with E-state index in [1.54, 1.807) is 0 Å². The van der Waals surface area contributed by atoms with Crippen molar-refractivity contribution >= 4 is 11.6 Å². The van der Waals surface area contributed by atoms with Gasteiger partial charge in [0.1, 0.15) is 0 Å². The Kier molecular flexibility index (Phi) is 4.11. The molecule has 0 aliphatic heterocycles. The molecule has 0 atom stereocenters. The number of hydrogen-bond donors (Lipinski definition) is 1. The second-order valence-electron chi connectivity index (χ2n) is 5.15. The van der Waals surface area contributed by atoms with Crippen molar-refractivity contribution in [3.05, 3.63) is 34.9 Å². The Bertz CT molecular complexity index is 367. The van der Waals surface area contributed by atoms with E-state index in [-0.39, 0.29) is 5.41 Å².